The minimum atomic E-state index is -0.477. The standard InChI is InChI=1S/C8H5ClINO2/c1-2-5-3-6(11(12)13)4-7(9)8(5)10/h2-4H,1H2. The summed E-state index contributed by atoms with van der Waals surface area (Å²) in [5.41, 5.74) is 0.667. The third kappa shape index (κ3) is 2.19. The minimum Gasteiger partial charge on any atom is -0.258 e. The lowest BCUT2D eigenvalue weighted by Crippen LogP contribution is -1.91. The summed E-state index contributed by atoms with van der Waals surface area (Å²) in [4.78, 5) is 9.97. The highest BCUT2D eigenvalue weighted by molar-refractivity contribution is 14.1. The van der Waals surface area contributed by atoms with E-state index in [-0.39, 0.29) is 5.69 Å². The minimum absolute atomic E-state index is 0.0136. The fraction of sp³-hybridized carbons (Fsp3) is 0. The zero-order valence-corrected chi connectivity index (χ0v) is 9.37. The van der Waals surface area contributed by atoms with E-state index in [9.17, 15) is 10.1 Å². The van der Waals surface area contributed by atoms with Crippen molar-refractivity contribution < 1.29 is 4.92 Å². The van der Waals surface area contributed by atoms with E-state index in [1.54, 1.807) is 6.08 Å². The molecule has 5 heteroatoms. The summed E-state index contributed by atoms with van der Waals surface area (Å²) in [5.74, 6) is 0. The topological polar surface area (TPSA) is 43.1 Å². The average molecular weight is 309 g/mol. The Labute approximate surface area is 93.7 Å². The first-order valence-electron chi connectivity index (χ1n) is 3.32. The molecule has 0 fully saturated rings. The first-order chi connectivity index (χ1) is 6.06. The van der Waals surface area contributed by atoms with Crippen molar-refractivity contribution in [3.8, 4) is 0 Å². The van der Waals surface area contributed by atoms with Crippen LogP contribution in [0.15, 0.2) is 18.7 Å². The van der Waals surface area contributed by atoms with Crippen molar-refractivity contribution in [3.05, 3.63) is 43.0 Å². The molecule has 0 saturated carbocycles. The SMILES string of the molecule is C=Cc1cc([N+](=O)[O-])cc(Cl)c1I. The first-order valence-corrected chi connectivity index (χ1v) is 4.78. The van der Waals surface area contributed by atoms with Crippen molar-refractivity contribution in [2.24, 2.45) is 0 Å². The van der Waals surface area contributed by atoms with Gasteiger partial charge in [-0.3, -0.25) is 10.1 Å². The van der Waals surface area contributed by atoms with Gasteiger partial charge in [-0.2, -0.15) is 0 Å². The number of non-ortho nitro benzene ring substituents is 1. The number of rotatable bonds is 2. The number of halogens is 2. The van der Waals surface area contributed by atoms with Crippen LogP contribution >= 0.6 is 34.2 Å². The molecule has 0 aliphatic heterocycles. The molecule has 0 radical (unpaired) electrons. The van der Waals surface area contributed by atoms with Gasteiger partial charge in [0.15, 0.2) is 0 Å². The molecular formula is C8H5ClINO2. The van der Waals surface area contributed by atoms with Gasteiger partial charge in [0.2, 0.25) is 0 Å². The van der Waals surface area contributed by atoms with E-state index in [1.807, 2.05) is 22.6 Å². The molecule has 0 N–H and O–H groups in total. The molecule has 0 spiro atoms. The van der Waals surface area contributed by atoms with E-state index in [0.717, 1.165) is 3.57 Å². The van der Waals surface area contributed by atoms with Crippen LogP contribution < -0.4 is 0 Å². The summed E-state index contributed by atoms with van der Waals surface area (Å²) in [6.07, 6.45) is 1.54. The number of nitro benzene ring substituents is 1. The van der Waals surface area contributed by atoms with Crippen molar-refractivity contribution >= 4 is 46.0 Å². The maximum absolute atomic E-state index is 10.4. The third-order valence-electron chi connectivity index (χ3n) is 1.47. The van der Waals surface area contributed by atoms with Gasteiger partial charge in [-0.1, -0.05) is 24.3 Å². The van der Waals surface area contributed by atoms with Gasteiger partial charge in [0.25, 0.3) is 5.69 Å². The summed E-state index contributed by atoms with van der Waals surface area (Å²) in [5, 5.41) is 10.8. The predicted molar refractivity (Wildman–Crippen MR) is 60.9 cm³/mol. The Morgan fingerprint density at radius 1 is 1.62 bits per heavy atom. The van der Waals surface area contributed by atoms with Crippen LogP contribution in [-0.2, 0) is 0 Å². The molecule has 3 nitrogen and oxygen atoms in total. The molecule has 68 valence electrons. The Morgan fingerprint density at radius 2 is 2.23 bits per heavy atom. The van der Waals surface area contributed by atoms with Gasteiger partial charge in [0.05, 0.1) is 9.95 Å². The summed E-state index contributed by atoms with van der Waals surface area (Å²) >= 11 is 7.80. The van der Waals surface area contributed by atoms with Crippen LogP contribution in [0, 0.1) is 13.7 Å². The number of nitrogens with zero attached hydrogens (tertiary/aromatic N) is 1. The zero-order chi connectivity index (χ0) is 10.0. The third-order valence-corrected chi connectivity index (χ3v) is 3.29. The van der Waals surface area contributed by atoms with E-state index in [0.29, 0.717) is 10.6 Å². The van der Waals surface area contributed by atoms with Gasteiger partial charge in [0.1, 0.15) is 0 Å². The second-order valence-electron chi connectivity index (χ2n) is 2.29. The van der Waals surface area contributed by atoms with Gasteiger partial charge in [-0.15, -0.1) is 0 Å². The molecule has 0 bridgehead atoms. The second kappa shape index (κ2) is 4.06. The second-order valence-corrected chi connectivity index (χ2v) is 3.78. The fourth-order valence-electron chi connectivity index (χ4n) is 0.849. The van der Waals surface area contributed by atoms with E-state index >= 15 is 0 Å². The predicted octanol–water partition coefficient (Wildman–Crippen LogP) is 3.50. The Kier molecular flexibility index (Phi) is 3.27. The van der Waals surface area contributed by atoms with E-state index in [1.165, 1.54) is 12.1 Å². The summed E-state index contributed by atoms with van der Waals surface area (Å²) in [6, 6.07) is 2.77. The molecule has 0 aliphatic carbocycles. The molecule has 0 unspecified atom stereocenters. The highest BCUT2D eigenvalue weighted by Gasteiger charge is 2.11. The van der Waals surface area contributed by atoms with Crippen LogP contribution in [0.1, 0.15) is 5.56 Å². The van der Waals surface area contributed by atoms with Crippen molar-refractivity contribution in [1.29, 1.82) is 0 Å². The van der Waals surface area contributed by atoms with E-state index in [2.05, 4.69) is 6.58 Å². The van der Waals surface area contributed by atoms with Gasteiger partial charge in [-0.05, 0) is 28.2 Å². The maximum Gasteiger partial charge on any atom is 0.271 e. The van der Waals surface area contributed by atoms with Gasteiger partial charge < -0.3 is 0 Å². The molecule has 0 aliphatic rings. The van der Waals surface area contributed by atoms with Crippen LogP contribution in [0.5, 0.6) is 0 Å². The maximum atomic E-state index is 10.4. The van der Waals surface area contributed by atoms with Gasteiger partial charge in [0, 0.05) is 15.7 Å². The van der Waals surface area contributed by atoms with Crippen molar-refractivity contribution in [2.75, 3.05) is 0 Å². The summed E-state index contributed by atoms with van der Waals surface area (Å²) in [7, 11) is 0. The highest BCUT2D eigenvalue weighted by atomic mass is 127. The Bertz CT molecular complexity index is 379. The van der Waals surface area contributed by atoms with E-state index < -0.39 is 4.92 Å². The van der Waals surface area contributed by atoms with Crippen LogP contribution in [0.25, 0.3) is 6.08 Å². The first kappa shape index (κ1) is 10.5. The number of hydrogen-bond donors (Lipinski definition) is 0. The van der Waals surface area contributed by atoms with Gasteiger partial charge >= 0.3 is 0 Å². The molecule has 1 aromatic carbocycles. The molecule has 1 rings (SSSR count). The van der Waals surface area contributed by atoms with Crippen LogP contribution in [0.2, 0.25) is 5.02 Å². The molecule has 0 heterocycles. The molecule has 0 aromatic heterocycles. The van der Waals surface area contributed by atoms with Crippen molar-refractivity contribution in [1.82, 2.24) is 0 Å². The fourth-order valence-corrected chi connectivity index (χ4v) is 1.60. The number of hydrogen-bond acceptors (Lipinski definition) is 2. The molecule has 1 aromatic rings. The van der Waals surface area contributed by atoms with Crippen LogP contribution in [-0.4, -0.2) is 4.92 Å². The number of benzene rings is 1. The van der Waals surface area contributed by atoms with Crippen molar-refractivity contribution in [3.63, 3.8) is 0 Å². The molecular weight excluding hydrogens is 304 g/mol. The average Bonchev–Trinajstić information content (AvgIpc) is 2.09. The molecule has 0 amide bonds. The van der Waals surface area contributed by atoms with Crippen molar-refractivity contribution in [2.45, 2.75) is 0 Å². The van der Waals surface area contributed by atoms with E-state index in [4.69, 9.17) is 11.6 Å². The number of nitro groups is 1. The largest absolute Gasteiger partial charge is 0.271 e. The van der Waals surface area contributed by atoms with Crippen LogP contribution in [0.4, 0.5) is 5.69 Å². The van der Waals surface area contributed by atoms with Crippen LogP contribution in [0.3, 0.4) is 0 Å². The molecule has 13 heavy (non-hydrogen) atoms. The quantitative estimate of drug-likeness (QED) is 0.477. The molecule has 0 atom stereocenters. The highest BCUT2D eigenvalue weighted by Crippen LogP contribution is 2.28. The lowest BCUT2D eigenvalue weighted by Gasteiger charge is -2.00. The monoisotopic (exact) mass is 309 g/mol. The Hall–Kier alpha value is -0.620. The Morgan fingerprint density at radius 3 is 2.69 bits per heavy atom. The smallest absolute Gasteiger partial charge is 0.258 e. The summed E-state index contributed by atoms with van der Waals surface area (Å²) < 4.78 is 0.778. The lowest BCUT2D eigenvalue weighted by atomic mass is 10.2. The zero-order valence-electron chi connectivity index (χ0n) is 6.46. The molecule has 0 saturated heterocycles. The normalized spacial score (nSPS) is 9.69. The Balaban J connectivity index is 3.38. The lowest BCUT2D eigenvalue weighted by molar-refractivity contribution is -0.384. The summed E-state index contributed by atoms with van der Waals surface area (Å²) in [6.45, 7) is 3.55. The van der Waals surface area contributed by atoms with Gasteiger partial charge in [-0.25, -0.2) is 0 Å².